The molecule has 0 aliphatic rings. The van der Waals surface area contributed by atoms with Crippen LogP contribution in [-0.2, 0) is 9.59 Å². The molecular formula is C35H37F7N6O7. The van der Waals surface area contributed by atoms with Crippen LogP contribution in [0, 0.1) is 11.2 Å². The predicted octanol–water partition coefficient (Wildman–Crippen LogP) is 6.86. The van der Waals surface area contributed by atoms with Gasteiger partial charge in [-0.15, -0.1) is 0 Å². The van der Waals surface area contributed by atoms with Gasteiger partial charge in [-0.05, 0) is 57.2 Å². The van der Waals surface area contributed by atoms with Crippen molar-refractivity contribution in [2.24, 2.45) is 5.73 Å². The number of halogens is 7. The molecule has 1 atom stereocenters. The normalized spacial score (nSPS) is 11.6. The fourth-order valence-electron chi connectivity index (χ4n) is 4.36. The Kier molecular flexibility index (Phi) is 15.6. The van der Waals surface area contributed by atoms with E-state index in [1.807, 2.05) is 32.9 Å². The van der Waals surface area contributed by atoms with Gasteiger partial charge in [-0.1, -0.05) is 18.2 Å². The van der Waals surface area contributed by atoms with Crippen molar-refractivity contribution in [3.63, 3.8) is 0 Å². The Morgan fingerprint density at radius 3 is 1.98 bits per heavy atom. The number of carboxylic acid groups (broad SMARTS) is 2. The number of imidazole rings is 1. The van der Waals surface area contributed by atoms with E-state index in [0.29, 0.717) is 46.3 Å². The second kappa shape index (κ2) is 19.1. The van der Waals surface area contributed by atoms with Crippen LogP contribution in [0.4, 0.5) is 36.4 Å². The van der Waals surface area contributed by atoms with E-state index in [1.165, 1.54) is 11.0 Å². The summed E-state index contributed by atoms with van der Waals surface area (Å²) in [6.07, 6.45) is -8.80. The van der Waals surface area contributed by atoms with Gasteiger partial charge in [0.05, 0.1) is 24.6 Å². The van der Waals surface area contributed by atoms with Crippen LogP contribution >= 0.6 is 0 Å². The molecule has 1 amide bonds. The summed E-state index contributed by atoms with van der Waals surface area (Å²) in [7, 11) is 3.39. The van der Waals surface area contributed by atoms with Gasteiger partial charge in [-0.25, -0.2) is 19.0 Å². The van der Waals surface area contributed by atoms with Crippen molar-refractivity contribution in [3.8, 4) is 22.8 Å². The van der Waals surface area contributed by atoms with Crippen molar-refractivity contribution in [2.45, 2.75) is 45.3 Å². The Bertz CT molecular complexity index is 1920. The summed E-state index contributed by atoms with van der Waals surface area (Å²) in [5.41, 5.74) is 8.86. The first-order valence-electron chi connectivity index (χ1n) is 15.8. The van der Waals surface area contributed by atoms with Gasteiger partial charge in [0.1, 0.15) is 23.5 Å². The topological polar surface area (TPSA) is 204 Å². The van der Waals surface area contributed by atoms with Crippen molar-refractivity contribution < 1.29 is 64.8 Å². The highest BCUT2D eigenvalue weighted by atomic mass is 19.4. The molecule has 1 aromatic heterocycles. The minimum Gasteiger partial charge on any atom is -0.494 e. The number of nitrogens with one attached hydrogen (secondary N) is 3. The Morgan fingerprint density at radius 1 is 0.964 bits per heavy atom. The fraction of sp³-hybridized carbons (Fsp3) is 0.286. The number of amidine groups is 1. The van der Waals surface area contributed by atoms with E-state index in [9.17, 15) is 31.1 Å². The number of aromatic amines is 1. The fourth-order valence-corrected chi connectivity index (χ4v) is 4.36. The molecule has 55 heavy (non-hydrogen) atoms. The largest absolute Gasteiger partial charge is 0.494 e. The number of aliphatic carboxylic acids is 2. The van der Waals surface area contributed by atoms with Gasteiger partial charge in [0, 0.05) is 48.1 Å². The number of nitrogen functional groups attached to an aromatic ring is 1. The average molecular weight is 787 g/mol. The summed E-state index contributed by atoms with van der Waals surface area (Å²) in [6, 6.07) is 16.5. The standard InChI is InChI=1S/C31H35FN6O3.2C2HF3O2/c1-6-40-21-15-24(27(32)26(16-21)41-18(2)3)28(36-20-13-11-19(12-14-20)29(33)34)30-35-17-25(37-30)22-9-7-8-10-23(22)31(39)38(4)5;2*3-2(4,5)1(6)7/h7-18,28,36H,6H2,1-5H3,(H3,33,34)(H,35,37);2*(H,6,7). The third-order valence-corrected chi connectivity index (χ3v) is 6.74. The number of amides is 1. The highest BCUT2D eigenvalue weighted by molar-refractivity contribution is 6.00. The first-order valence-corrected chi connectivity index (χ1v) is 15.8. The Morgan fingerprint density at radius 2 is 1.51 bits per heavy atom. The molecule has 7 N–H and O–H groups in total. The predicted molar refractivity (Wildman–Crippen MR) is 186 cm³/mol. The number of nitrogens with two attached hydrogens (primary N) is 1. The number of carboxylic acids is 2. The lowest BCUT2D eigenvalue weighted by Crippen LogP contribution is -2.22. The summed E-state index contributed by atoms with van der Waals surface area (Å²) < 4.78 is 91.1. The number of benzene rings is 3. The first-order chi connectivity index (χ1) is 25.5. The number of hydrogen-bond donors (Lipinski definition) is 6. The van der Waals surface area contributed by atoms with Crippen LogP contribution < -0.4 is 20.5 Å². The third kappa shape index (κ3) is 13.2. The molecular weight excluding hydrogens is 749 g/mol. The summed E-state index contributed by atoms with van der Waals surface area (Å²) in [5, 5.41) is 25.3. The lowest BCUT2D eigenvalue weighted by molar-refractivity contribution is -0.193. The van der Waals surface area contributed by atoms with Crippen LogP contribution in [-0.4, -0.2) is 87.9 Å². The van der Waals surface area contributed by atoms with Gasteiger partial charge in [0.25, 0.3) is 5.91 Å². The van der Waals surface area contributed by atoms with Gasteiger partial charge in [-0.2, -0.15) is 26.3 Å². The van der Waals surface area contributed by atoms with Crippen LogP contribution in [0.2, 0.25) is 0 Å². The maximum Gasteiger partial charge on any atom is 0.490 e. The monoisotopic (exact) mass is 786 g/mol. The van der Waals surface area contributed by atoms with Crippen molar-refractivity contribution in [1.82, 2.24) is 14.9 Å². The van der Waals surface area contributed by atoms with E-state index in [-0.39, 0.29) is 29.2 Å². The summed E-state index contributed by atoms with van der Waals surface area (Å²) in [6.45, 7) is 5.88. The smallest absolute Gasteiger partial charge is 0.490 e. The molecule has 13 nitrogen and oxygen atoms in total. The van der Waals surface area contributed by atoms with Crippen molar-refractivity contribution in [1.29, 1.82) is 5.41 Å². The van der Waals surface area contributed by atoms with E-state index >= 15 is 4.39 Å². The molecule has 1 unspecified atom stereocenters. The molecule has 298 valence electrons. The molecule has 4 aromatic rings. The Balaban J connectivity index is 0.000000633. The molecule has 0 aliphatic heterocycles. The molecule has 0 aliphatic carbocycles. The van der Waals surface area contributed by atoms with Crippen LogP contribution in [0.5, 0.6) is 11.5 Å². The summed E-state index contributed by atoms with van der Waals surface area (Å²) >= 11 is 0. The number of hydrogen-bond acceptors (Lipinski definition) is 8. The lowest BCUT2D eigenvalue weighted by Gasteiger charge is -2.22. The Hall–Kier alpha value is -6.34. The van der Waals surface area contributed by atoms with Crippen LogP contribution in [0.3, 0.4) is 0 Å². The van der Waals surface area contributed by atoms with Crippen molar-refractivity contribution >= 4 is 29.4 Å². The number of ether oxygens (including phenoxy) is 2. The van der Waals surface area contributed by atoms with Gasteiger partial charge in [0.2, 0.25) is 0 Å². The zero-order valence-corrected chi connectivity index (χ0v) is 29.8. The second-order valence-electron chi connectivity index (χ2n) is 11.5. The van der Waals surface area contributed by atoms with Crippen molar-refractivity contribution in [2.75, 3.05) is 26.0 Å². The Labute approximate surface area is 309 Å². The van der Waals surface area contributed by atoms with Crippen LogP contribution in [0.25, 0.3) is 11.3 Å². The molecule has 0 bridgehead atoms. The highest BCUT2D eigenvalue weighted by Gasteiger charge is 2.39. The molecule has 0 fully saturated rings. The number of H-pyrrole nitrogens is 1. The van der Waals surface area contributed by atoms with E-state index < -0.39 is 36.2 Å². The molecule has 4 rings (SSSR count). The van der Waals surface area contributed by atoms with E-state index in [0.717, 1.165) is 0 Å². The molecule has 1 heterocycles. The zero-order chi connectivity index (χ0) is 41.8. The summed E-state index contributed by atoms with van der Waals surface area (Å²) in [5.74, 6) is -5.35. The second-order valence-corrected chi connectivity index (χ2v) is 11.5. The zero-order valence-electron chi connectivity index (χ0n) is 29.8. The number of carbonyl (C=O) groups is 3. The van der Waals surface area contributed by atoms with E-state index in [4.69, 9.17) is 40.4 Å². The summed E-state index contributed by atoms with van der Waals surface area (Å²) in [4.78, 5) is 40.1. The van der Waals surface area contributed by atoms with Crippen LogP contribution in [0.15, 0.2) is 66.9 Å². The van der Waals surface area contributed by atoms with Gasteiger partial charge >= 0.3 is 24.3 Å². The molecule has 20 heteroatoms. The minimum absolute atomic E-state index is 0.0550. The number of alkyl halides is 6. The molecule has 3 aromatic carbocycles. The number of rotatable bonds is 11. The maximum absolute atomic E-state index is 16.1. The van der Waals surface area contributed by atoms with Gasteiger partial charge < -0.3 is 40.6 Å². The number of carbonyl (C=O) groups excluding carboxylic acids is 1. The molecule has 0 saturated carbocycles. The van der Waals surface area contributed by atoms with Gasteiger partial charge in [0.15, 0.2) is 11.6 Å². The van der Waals surface area contributed by atoms with Crippen LogP contribution in [0.1, 0.15) is 54.1 Å². The quantitative estimate of drug-likeness (QED) is 0.0530. The first kappa shape index (κ1) is 44.8. The third-order valence-electron chi connectivity index (χ3n) is 6.74. The molecule has 0 spiro atoms. The van der Waals surface area contributed by atoms with Crippen molar-refractivity contribution in [3.05, 3.63) is 95.2 Å². The number of aromatic nitrogens is 2. The average Bonchev–Trinajstić information content (AvgIpc) is 3.58. The lowest BCUT2D eigenvalue weighted by atomic mass is 10.0. The van der Waals surface area contributed by atoms with Gasteiger partial charge in [-0.3, -0.25) is 10.2 Å². The van der Waals surface area contributed by atoms with E-state index in [2.05, 4.69) is 15.3 Å². The number of nitrogens with zero attached hydrogens (tertiary/aromatic N) is 2. The van der Waals surface area contributed by atoms with E-state index in [1.54, 1.807) is 62.8 Å². The minimum atomic E-state index is -5.08. The SMILES string of the molecule is CCOc1cc(OC(C)C)c(F)c(C(Nc2ccc(C(=N)N)cc2)c2ncc(-c3ccccc3C(=O)N(C)C)[nH]2)c1.O=C(O)C(F)(F)F.O=C(O)C(F)(F)F. The number of anilines is 1. The maximum atomic E-state index is 16.1. The molecule has 0 saturated heterocycles. The highest BCUT2D eigenvalue weighted by Crippen LogP contribution is 2.36. The molecule has 0 radical (unpaired) electrons.